The van der Waals surface area contributed by atoms with Gasteiger partial charge in [0.2, 0.25) is 0 Å². The van der Waals surface area contributed by atoms with Crippen molar-refractivity contribution in [3.63, 3.8) is 0 Å². The third-order valence-corrected chi connectivity index (χ3v) is 4.76. The van der Waals surface area contributed by atoms with E-state index in [1.54, 1.807) is 11.3 Å². The number of rotatable bonds is 5. The summed E-state index contributed by atoms with van der Waals surface area (Å²) in [5.74, 6) is 0. The third kappa shape index (κ3) is 4.32. The Balaban J connectivity index is 1.93. The molecule has 1 aromatic heterocycles. The number of thiophene rings is 1. The molecule has 0 bridgehead atoms. The molecular formula is C16H18F3NS. The first-order chi connectivity index (χ1) is 9.90. The van der Waals surface area contributed by atoms with Crippen LogP contribution < -0.4 is 5.32 Å². The zero-order valence-corrected chi connectivity index (χ0v) is 12.8. The molecule has 0 aliphatic rings. The summed E-state index contributed by atoms with van der Waals surface area (Å²) in [6.07, 6.45) is -3.25. The van der Waals surface area contributed by atoms with Crippen LogP contribution in [0.5, 0.6) is 0 Å². The average Bonchev–Trinajstić information content (AvgIpc) is 2.93. The van der Waals surface area contributed by atoms with Crippen molar-refractivity contribution in [3.05, 3.63) is 57.3 Å². The Hall–Kier alpha value is -1.33. The average molecular weight is 313 g/mol. The van der Waals surface area contributed by atoms with Crippen molar-refractivity contribution >= 4 is 11.3 Å². The smallest absolute Gasteiger partial charge is 0.305 e. The van der Waals surface area contributed by atoms with Crippen molar-refractivity contribution in [2.24, 2.45) is 0 Å². The lowest BCUT2D eigenvalue weighted by molar-refractivity contribution is -0.137. The molecule has 2 aromatic rings. The first kappa shape index (κ1) is 16.0. The molecule has 1 nitrogen and oxygen atoms in total. The molecule has 5 heteroatoms. The Bertz CT molecular complexity index is 572. The first-order valence-corrected chi connectivity index (χ1v) is 7.70. The van der Waals surface area contributed by atoms with Crippen molar-refractivity contribution in [2.75, 3.05) is 0 Å². The number of hydrogen-bond acceptors (Lipinski definition) is 2. The fourth-order valence-corrected chi connectivity index (χ4v) is 2.98. The van der Waals surface area contributed by atoms with Gasteiger partial charge in [0.15, 0.2) is 0 Å². The van der Waals surface area contributed by atoms with Gasteiger partial charge in [-0.3, -0.25) is 0 Å². The van der Waals surface area contributed by atoms with E-state index in [2.05, 4.69) is 31.3 Å². The van der Waals surface area contributed by atoms with Gasteiger partial charge in [0.05, 0.1) is 5.56 Å². The highest BCUT2D eigenvalue weighted by Crippen LogP contribution is 2.29. The summed E-state index contributed by atoms with van der Waals surface area (Å²) in [6, 6.07) is 9.72. The molecule has 0 fully saturated rings. The minimum Gasteiger partial charge on any atom is -0.305 e. The largest absolute Gasteiger partial charge is 0.416 e. The molecule has 21 heavy (non-hydrogen) atoms. The number of benzene rings is 1. The van der Waals surface area contributed by atoms with E-state index in [1.165, 1.54) is 21.9 Å². The predicted octanol–water partition coefficient (Wildman–Crippen LogP) is 5.18. The van der Waals surface area contributed by atoms with Gasteiger partial charge in [-0.2, -0.15) is 13.2 Å². The van der Waals surface area contributed by atoms with Crippen molar-refractivity contribution in [3.8, 4) is 0 Å². The number of aryl methyl sites for hydroxylation is 1. The van der Waals surface area contributed by atoms with Gasteiger partial charge < -0.3 is 5.32 Å². The Labute approximate surface area is 126 Å². The molecule has 1 unspecified atom stereocenters. The molecule has 114 valence electrons. The van der Waals surface area contributed by atoms with Crippen LogP contribution in [0.4, 0.5) is 13.2 Å². The van der Waals surface area contributed by atoms with Crippen molar-refractivity contribution in [2.45, 2.75) is 39.0 Å². The Morgan fingerprint density at radius 1 is 1.10 bits per heavy atom. The molecule has 1 N–H and O–H groups in total. The van der Waals surface area contributed by atoms with Crippen LogP contribution in [0.25, 0.3) is 0 Å². The molecule has 0 saturated carbocycles. The minimum atomic E-state index is -4.27. The first-order valence-electron chi connectivity index (χ1n) is 6.88. The van der Waals surface area contributed by atoms with Gasteiger partial charge in [-0.15, -0.1) is 11.3 Å². The maximum atomic E-state index is 12.5. The van der Waals surface area contributed by atoms with Crippen LogP contribution in [0.3, 0.4) is 0 Å². The minimum absolute atomic E-state index is 0.192. The summed E-state index contributed by atoms with van der Waals surface area (Å²) in [7, 11) is 0. The van der Waals surface area contributed by atoms with Gasteiger partial charge in [-0.05, 0) is 43.2 Å². The zero-order valence-electron chi connectivity index (χ0n) is 12.0. The summed E-state index contributed by atoms with van der Waals surface area (Å²) in [4.78, 5) is 2.59. The molecule has 0 aliphatic heterocycles. The number of alkyl halides is 3. The van der Waals surface area contributed by atoms with E-state index < -0.39 is 11.7 Å². The second-order valence-electron chi connectivity index (χ2n) is 4.95. The highest BCUT2D eigenvalue weighted by molar-refractivity contribution is 7.12. The predicted molar refractivity (Wildman–Crippen MR) is 80.4 cm³/mol. The van der Waals surface area contributed by atoms with Crippen LogP contribution in [-0.4, -0.2) is 0 Å². The molecule has 0 aliphatic carbocycles. The quantitative estimate of drug-likeness (QED) is 0.802. The van der Waals surface area contributed by atoms with E-state index >= 15 is 0 Å². The van der Waals surface area contributed by atoms with Gasteiger partial charge in [-0.1, -0.05) is 19.1 Å². The van der Waals surface area contributed by atoms with Gasteiger partial charge in [-0.25, -0.2) is 0 Å². The maximum Gasteiger partial charge on any atom is 0.416 e. The lowest BCUT2D eigenvalue weighted by Gasteiger charge is -2.13. The van der Waals surface area contributed by atoms with E-state index in [4.69, 9.17) is 0 Å². The molecule has 2 rings (SSSR count). The molecule has 1 heterocycles. The van der Waals surface area contributed by atoms with E-state index in [-0.39, 0.29) is 6.04 Å². The van der Waals surface area contributed by atoms with Crippen LogP contribution >= 0.6 is 11.3 Å². The highest BCUT2D eigenvalue weighted by atomic mass is 32.1. The molecular weight excluding hydrogens is 295 g/mol. The number of halogens is 3. The molecule has 1 aromatic carbocycles. The summed E-state index contributed by atoms with van der Waals surface area (Å²) < 4.78 is 37.4. The summed E-state index contributed by atoms with van der Waals surface area (Å²) in [5, 5.41) is 3.34. The van der Waals surface area contributed by atoms with E-state index in [1.807, 2.05) is 0 Å². The van der Waals surface area contributed by atoms with Crippen molar-refractivity contribution in [1.82, 2.24) is 5.32 Å². The van der Waals surface area contributed by atoms with E-state index in [9.17, 15) is 13.2 Å². The second-order valence-corrected chi connectivity index (χ2v) is 6.15. The van der Waals surface area contributed by atoms with Gasteiger partial charge in [0, 0.05) is 22.3 Å². The van der Waals surface area contributed by atoms with Crippen molar-refractivity contribution < 1.29 is 13.2 Å². The molecule has 1 atom stereocenters. The molecule has 0 saturated heterocycles. The zero-order chi connectivity index (χ0) is 15.5. The maximum absolute atomic E-state index is 12.5. The summed E-state index contributed by atoms with van der Waals surface area (Å²) in [6.45, 7) is 4.74. The monoisotopic (exact) mass is 313 g/mol. The summed E-state index contributed by atoms with van der Waals surface area (Å²) >= 11 is 1.77. The van der Waals surface area contributed by atoms with E-state index in [0.29, 0.717) is 6.54 Å². The van der Waals surface area contributed by atoms with Crippen LogP contribution in [0.2, 0.25) is 0 Å². The van der Waals surface area contributed by atoms with Crippen molar-refractivity contribution in [1.29, 1.82) is 0 Å². The van der Waals surface area contributed by atoms with Crippen LogP contribution in [-0.2, 0) is 19.1 Å². The lowest BCUT2D eigenvalue weighted by atomic mass is 10.1. The molecule has 0 amide bonds. The van der Waals surface area contributed by atoms with Crippen LogP contribution in [0, 0.1) is 0 Å². The van der Waals surface area contributed by atoms with E-state index in [0.717, 1.165) is 24.1 Å². The molecule has 0 radical (unpaired) electrons. The SMILES string of the molecule is CCc1ccc(C(C)NCc2ccc(C(F)(F)F)cc2)s1. The standard InChI is InChI=1S/C16H18F3NS/c1-3-14-8-9-15(21-14)11(2)20-10-12-4-6-13(7-5-12)16(17,18)19/h4-9,11,20H,3,10H2,1-2H3. The van der Waals surface area contributed by atoms with Crippen LogP contribution in [0.15, 0.2) is 36.4 Å². The Morgan fingerprint density at radius 3 is 2.29 bits per heavy atom. The second kappa shape index (κ2) is 6.62. The highest BCUT2D eigenvalue weighted by Gasteiger charge is 2.29. The van der Waals surface area contributed by atoms with Gasteiger partial charge in [0.25, 0.3) is 0 Å². The lowest BCUT2D eigenvalue weighted by Crippen LogP contribution is -2.17. The number of nitrogens with one attached hydrogen (secondary N) is 1. The Morgan fingerprint density at radius 2 is 1.76 bits per heavy atom. The normalized spacial score (nSPS) is 13.4. The summed E-state index contributed by atoms with van der Waals surface area (Å²) in [5.41, 5.74) is 0.243. The fourth-order valence-electron chi connectivity index (χ4n) is 2.00. The van der Waals surface area contributed by atoms with Crippen LogP contribution in [0.1, 0.15) is 40.8 Å². The number of hydrogen-bond donors (Lipinski definition) is 1. The Kier molecular flexibility index (Phi) is 5.06. The fraction of sp³-hybridized carbons (Fsp3) is 0.375. The van der Waals surface area contributed by atoms with Gasteiger partial charge in [0.1, 0.15) is 0 Å². The molecule has 0 spiro atoms. The third-order valence-electron chi connectivity index (χ3n) is 3.35. The van der Waals surface area contributed by atoms with Gasteiger partial charge >= 0.3 is 6.18 Å². The topological polar surface area (TPSA) is 12.0 Å².